The van der Waals surface area contributed by atoms with Gasteiger partial charge in [0, 0.05) is 27.7 Å². The van der Waals surface area contributed by atoms with Crippen LogP contribution in [0.25, 0.3) is 0 Å². The van der Waals surface area contributed by atoms with Crippen molar-refractivity contribution in [3.05, 3.63) is 0 Å². The zero-order valence-corrected chi connectivity index (χ0v) is 14.6. The molecule has 0 radical (unpaired) electrons. The summed E-state index contributed by atoms with van der Waals surface area (Å²) in [6.45, 7) is 4.75. The minimum atomic E-state index is -4.39. The molecule has 0 aliphatic carbocycles. The van der Waals surface area contributed by atoms with Crippen LogP contribution in [0, 0.1) is 4.78 Å². The number of carboxylic acids is 1. The fourth-order valence-corrected chi connectivity index (χ4v) is 3.05. The van der Waals surface area contributed by atoms with Gasteiger partial charge in [0.15, 0.2) is 0 Å². The number of halogens is 3. The number of alkyl halides is 3. The van der Waals surface area contributed by atoms with Crippen molar-refractivity contribution < 1.29 is 36.8 Å². The summed E-state index contributed by atoms with van der Waals surface area (Å²) in [5, 5.41) is 11.1. The molecule has 0 fully saturated rings. The number of ether oxygens (including phenoxy) is 1. The maximum Gasteiger partial charge on any atom is 0.408 e. The fourth-order valence-electron chi connectivity index (χ4n) is 1.62. The highest BCUT2D eigenvalue weighted by Gasteiger charge is 2.28. The van der Waals surface area contributed by atoms with E-state index in [0.717, 1.165) is 0 Å². The third-order valence-electron chi connectivity index (χ3n) is 2.66. The first-order chi connectivity index (χ1) is 10.6. The summed E-state index contributed by atoms with van der Waals surface area (Å²) in [6, 6.07) is -1.44. The van der Waals surface area contributed by atoms with Crippen molar-refractivity contribution in [2.45, 2.75) is 57.9 Å². The van der Waals surface area contributed by atoms with E-state index in [1.807, 2.05) is 0 Å². The number of carboxylic acid groups (broad SMARTS) is 1. The second kappa shape index (κ2) is 8.54. The zero-order valence-electron chi connectivity index (χ0n) is 13.7. The lowest BCUT2D eigenvalue weighted by molar-refractivity contribution is -0.139. The number of rotatable bonds is 8. The first-order valence-corrected chi connectivity index (χ1v) is 9.04. The van der Waals surface area contributed by atoms with Gasteiger partial charge in [0.2, 0.25) is 0 Å². The number of hydrogen-bond donors (Lipinski definition) is 3. The third-order valence-corrected chi connectivity index (χ3v) is 4.50. The molecule has 7 nitrogen and oxygen atoms in total. The molecule has 0 aliphatic heterocycles. The van der Waals surface area contributed by atoms with Crippen LogP contribution in [0.2, 0.25) is 0 Å². The summed E-state index contributed by atoms with van der Waals surface area (Å²) in [5.74, 6) is -2.32. The minimum Gasteiger partial charge on any atom is -0.480 e. The maximum atomic E-state index is 12.0. The van der Waals surface area contributed by atoms with Gasteiger partial charge in [-0.25, -0.2) is 13.8 Å². The highest BCUT2D eigenvalue weighted by molar-refractivity contribution is 7.92. The first-order valence-electron chi connectivity index (χ1n) is 7.14. The highest BCUT2D eigenvalue weighted by Crippen LogP contribution is 2.21. The van der Waals surface area contributed by atoms with Crippen LogP contribution in [0.15, 0.2) is 0 Å². The Morgan fingerprint density at radius 1 is 1.25 bits per heavy atom. The van der Waals surface area contributed by atoms with Gasteiger partial charge in [0.1, 0.15) is 11.6 Å². The molecule has 3 N–H and O–H groups in total. The van der Waals surface area contributed by atoms with Crippen LogP contribution in [-0.4, -0.2) is 50.7 Å². The van der Waals surface area contributed by atoms with Crippen LogP contribution >= 0.6 is 0 Å². The Morgan fingerprint density at radius 3 is 2.21 bits per heavy atom. The van der Waals surface area contributed by atoms with Crippen molar-refractivity contribution in [3.8, 4) is 0 Å². The molecular formula is C13H23F3N2O5S. The van der Waals surface area contributed by atoms with Crippen molar-refractivity contribution in [1.82, 2.24) is 5.32 Å². The van der Waals surface area contributed by atoms with E-state index in [1.165, 1.54) is 0 Å². The summed E-state index contributed by atoms with van der Waals surface area (Å²) in [7, 11) is -3.36. The average molecular weight is 376 g/mol. The van der Waals surface area contributed by atoms with Crippen molar-refractivity contribution >= 4 is 21.8 Å². The van der Waals surface area contributed by atoms with Crippen molar-refractivity contribution in [2.75, 3.05) is 11.5 Å². The molecule has 0 bridgehead atoms. The maximum absolute atomic E-state index is 12.0. The van der Waals surface area contributed by atoms with E-state index in [1.54, 1.807) is 20.8 Å². The molecule has 0 aromatic rings. The lowest BCUT2D eigenvalue weighted by Crippen LogP contribution is -2.44. The van der Waals surface area contributed by atoms with Gasteiger partial charge in [-0.05, 0) is 33.6 Å². The third kappa shape index (κ3) is 12.0. The van der Waals surface area contributed by atoms with Gasteiger partial charge < -0.3 is 15.2 Å². The Hall–Kier alpha value is -1.52. The second-order valence-electron chi connectivity index (χ2n) is 6.26. The number of alkyl carbamates (subject to hydrolysis) is 1. The topological polar surface area (TPSA) is 117 Å². The molecule has 0 saturated heterocycles. The van der Waals surface area contributed by atoms with Gasteiger partial charge in [-0.2, -0.15) is 13.2 Å². The molecule has 2 atom stereocenters. The Morgan fingerprint density at radius 2 is 1.79 bits per heavy atom. The zero-order chi connectivity index (χ0) is 19.2. The van der Waals surface area contributed by atoms with Crippen molar-refractivity contribution in [3.63, 3.8) is 0 Å². The predicted molar refractivity (Wildman–Crippen MR) is 81.3 cm³/mol. The van der Waals surface area contributed by atoms with Crippen LogP contribution in [0.5, 0.6) is 0 Å². The normalized spacial score (nSPS) is 16.1. The molecule has 0 aromatic carbocycles. The lowest BCUT2D eigenvalue weighted by Gasteiger charge is -2.22. The summed E-state index contributed by atoms with van der Waals surface area (Å²) in [6.07, 6.45) is -7.34. The molecule has 0 aliphatic rings. The largest absolute Gasteiger partial charge is 0.480 e. The van der Waals surface area contributed by atoms with Gasteiger partial charge in [-0.15, -0.1) is 0 Å². The van der Waals surface area contributed by atoms with E-state index in [2.05, 4.69) is 5.32 Å². The molecule has 24 heavy (non-hydrogen) atoms. The molecule has 0 heterocycles. The number of carbonyl (C=O) groups excluding carboxylic acids is 1. The van der Waals surface area contributed by atoms with Crippen LogP contribution in [0.1, 0.15) is 40.0 Å². The van der Waals surface area contributed by atoms with Crippen molar-refractivity contribution in [1.29, 1.82) is 4.78 Å². The van der Waals surface area contributed by atoms with Gasteiger partial charge in [0.05, 0.1) is 0 Å². The van der Waals surface area contributed by atoms with Crippen molar-refractivity contribution in [2.24, 2.45) is 0 Å². The second-order valence-corrected chi connectivity index (χ2v) is 8.70. The summed E-state index contributed by atoms with van der Waals surface area (Å²) >= 11 is 0. The Kier molecular flexibility index (Phi) is 8.00. The van der Waals surface area contributed by atoms with Crippen LogP contribution < -0.4 is 5.32 Å². The van der Waals surface area contributed by atoms with Crippen LogP contribution in [-0.2, 0) is 19.3 Å². The lowest BCUT2D eigenvalue weighted by atomic mass is 10.2. The summed E-state index contributed by atoms with van der Waals surface area (Å²) in [5.41, 5.74) is -0.840. The predicted octanol–water partition coefficient (Wildman–Crippen LogP) is 2.74. The smallest absolute Gasteiger partial charge is 0.408 e. The molecule has 1 amide bonds. The van der Waals surface area contributed by atoms with Crippen LogP contribution in [0.3, 0.4) is 0 Å². The number of amides is 1. The Balaban J connectivity index is 4.53. The Bertz CT molecular complexity index is 541. The quantitative estimate of drug-likeness (QED) is 0.602. The Labute approximate surface area is 138 Å². The van der Waals surface area contributed by atoms with Gasteiger partial charge in [-0.3, -0.25) is 4.78 Å². The number of carbonyl (C=O) groups is 2. The monoisotopic (exact) mass is 376 g/mol. The van der Waals surface area contributed by atoms with E-state index in [0.29, 0.717) is 0 Å². The summed E-state index contributed by atoms with van der Waals surface area (Å²) < 4.78 is 60.4. The number of hydrogen-bond acceptors (Lipinski definition) is 5. The fraction of sp³-hybridized carbons (Fsp3) is 0.846. The van der Waals surface area contributed by atoms with E-state index in [9.17, 15) is 27.0 Å². The summed E-state index contributed by atoms with van der Waals surface area (Å²) in [4.78, 5) is 22.6. The van der Waals surface area contributed by atoms with Gasteiger partial charge >= 0.3 is 18.2 Å². The van der Waals surface area contributed by atoms with Gasteiger partial charge in [-0.1, -0.05) is 0 Å². The molecular weight excluding hydrogens is 353 g/mol. The minimum absolute atomic E-state index is 0.344. The van der Waals surface area contributed by atoms with E-state index >= 15 is 0 Å². The molecule has 0 saturated carbocycles. The van der Waals surface area contributed by atoms with Gasteiger partial charge in [0.25, 0.3) is 0 Å². The first kappa shape index (κ1) is 22.5. The number of nitrogens with one attached hydrogen (secondary N) is 2. The highest BCUT2D eigenvalue weighted by atomic mass is 32.2. The van der Waals surface area contributed by atoms with E-state index in [4.69, 9.17) is 14.6 Å². The molecule has 0 spiro atoms. The molecule has 0 rings (SSSR count). The molecule has 11 heteroatoms. The molecule has 0 aromatic heterocycles. The van der Waals surface area contributed by atoms with E-state index in [-0.39, 0.29) is 6.42 Å². The standard InChI is InChI=1S/C13H23F3N2O5S/c1-12(2,3)23-11(21)18-9(10(19)20)5-8-24(17,22)7-4-6-13(14,15)16/h9,17H,4-8H2,1-3H3,(H,18,21)(H,19,20)/t9-,24?/m0/s1. The molecule has 1 unspecified atom stereocenters. The average Bonchev–Trinajstić information content (AvgIpc) is 2.29. The SMILES string of the molecule is CC(C)(C)OC(=O)N[C@@H](CCS(=N)(=O)CCCC(F)(F)F)C(=O)O. The molecule has 142 valence electrons. The van der Waals surface area contributed by atoms with Crippen LogP contribution in [0.4, 0.5) is 18.0 Å². The number of aliphatic carboxylic acids is 1. The van der Waals surface area contributed by atoms with E-state index < -0.39 is 64.0 Å².